The van der Waals surface area contributed by atoms with Gasteiger partial charge in [0.2, 0.25) is 0 Å². The summed E-state index contributed by atoms with van der Waals surface area (Å²) >= 11 is 0. The molecule has 0 aliphatic carbocycles. The van der Waals surface area contributed by atoms with Crippen molar-refractivity contribution in [1.82, 2.24) is 15.1 Å². The van der Waals surface area contributed by atoms with Gasteiger partial charge in [0.25, 0.3) is 5.91 Å². The van der Waals surface area contributed by atoms with Crippen molar-refractivity contribution >= 4 is 11.9 Å². The van der Waals surface area contributed by atoms with E-state index in [1.165, 1.54) is 7.11 Å². The lowest BCUT2D eigenvalue weighted by molar-refractivity contribution is -0.140. The number of nitrogens with zero attached hydrogens (tertiary/aromatic N) is 2. The number of aromatic nitrogens is 2. The third-order valence-corrected chi connectivity index (χ3v) is 2.10. The molecule has 1 aromatic rings. The molecule has 1 amide bonds. The largest absolute Gasteiger partial charge is 0.469 e. The molecule has 6 nitrogen and oxygen atoms in total. The summed E-state index contributed by atoms with van der Waals surface area (Å²) in [6, 6.07) is 1.64. The molecular formula is C10H15N3O3. The fourth-order valence-corrected chi connectivity index (χ4v) is 1.22. The van der Waals surface area contributed by atoms with E-state index in [-0.39, 0.29) is 11.9 Å². The van der Waals surface area contributed by atoms with Crippen LogP contribution in [0.15, 0.2) is 12.3 Å². The number of amides is 1. The second-order valence-electron chi connectivity index (χ2n) is 3.22. The standard InChI is InChI=1S/C10H15N3O3/c1-11-10(15)8-5-7-13(12-8)6-3-4-9(14)16-2/h5,7H,3-4,6H2,1-2H3,(H,11,15). The average molecular weight is 225 g/mol. The molecule has 16 heavy (non-hydrogen) atoms. The summed E-state index contributed by atoms with van der Waals surface area (Å²) in [5.74, 6) is -0.453. The van der Waals surface area contributed by atoms with Crippen molar-refractivity contribution in [2.24, 2.45) is 0 Å². The molecule has 0 atom stereocenters. The van der Waals surface area contributed by atoms with Gasteiger partial charge in [-0.3, -0.25) is 14.3 Å². The van der Waals surface area contributed by atoms with E-state index in [0.717, 1.165) is 0 Å². The van der Waals surface area contributed by atoms with Crippen molar-refractivity contribution in [3.8, 4) is 0 Å². The van der Waals surface area contributed by atoms with Gasteiger partial charge < -0.3 is 10.1 Å². The van der Waals surface area contributed by atoms with Crippen LogP contribution >= 0.6 is 0 Å². The molecule has 1 aromatic heterocycles. The van der Waals surface area contributed by atoms with Crippen LogP contribution in [0.4, 0.5) is 0 Å². The first-order valence-electron chi connectivity index (χ1n) is 4.99. The SMILES string of the molecule is CNC(=O)c1ccn(CCCC(=O)OC)n1. The molecule has 0 bridgehead atoms. The van der Waals surface area contributed by atoms with Gasteiger partial charge in [-0.1, -0.05) is 0 Å². The molecule has 0 spiro atoms. The number of aryl methyl sites for hydroxylation is 1. The number of methoxy groups -OCH3 is 1. The normalized spacial score (nSPS) is 9.88. The van der Waals surface area contributed by atoms with Gasteiger partial charge in [0, 0.05) is 26.2 Å². The number of rotatable bonds is 5. The summed E-state index contributed by atoms with van der Waals surface area (Å²) in [4.78, 5) is 22.0. The molecule has 0 aliphatic rings. The third kappa shape index (κ3) is 3.38. The van der Waals surface area contributed by atoms with Gasteiger partial charge in [0.05, 0.1) is 7.11 Å². The van der Waals surface area contributed by atoms with Crippen molar-refractivity contribution in [3.63, 3.8) is 0 Å². The van der Waals surface area contributed by atoms with E-state index in [2.05, 4.69) is 15.2 Å². The lowest BCUT2D eigenvalue weighted by Crippen LogP contribution is -2.18. The molecule has 0 aromatic carbocycles. The molecular weight excluding hydrogens is 210 g/mol. The van der Waals surface area contributed by atoms with Gasteiger partial charge in [-0.25, -0.2) is 0 Å². The topological polar surface area (TPSA) is 73.2 Å². The van der Waals surface area contributed by atoms with Crippen molar-refractivity contribution in [1.29, 1.82) is 0 Å². The van der Waals surface area contributed by atoms with Crippen molar-refractivity contribution in [2.45, 2.75) is 19.4 Å². The Hall–Kier alpha value is -1.85. The van der Waals surface area contributed by atoms with Crippen LogP contribution in [0.1, 0.15) is 23.3 Å². The highest BCUT2D eigenvalue weighted by Crippen LogP contribution is 1.99. The quantitative estimate of drug-likeness (QED) is 0.726. The van der Waals surface area contributed by atoms with Gasteiger partial charge in [-0.05, 0) is 12.5 Å². The Balaban J connectivity index is 2.41. The first-order valence-corrected chi connectivity index (χ1v) is 4.99. The molecule has 0 saturated heterocycles. The van der Waals surface area contributed by atoms with Crippen LogP contribution in [0.25, 0.3) is 0 Å². The second-order valence-corrected chi connectivity index (χ2v) is 3.22. The van der Waals surface area contributed by atoms with E-state index in [4.69, 9.17) is 0 Å². The van der Waals surface area contributed by atoms with Gasteiger partial charge in [-0.2, -0.15) is 5.10 Å². The lowest BCUT2D eigenvalue weighted by atomic mass is 10.3. The van der Waals surface area contributed by atoms with E-state index in [9.17, 15) is 9.59 Å². The Labute approximate surface area is 93.6 Å². The van der Waals surface area contributed by atoms with Crippen LogP contribution in [0.2, 0.25) is 0 Å². The molecule has 0 saturated carbocycles. The smallest absolute Gasteiger partial charge is 0.305 e. The number of carbonyl (C=O) groups excluding carboxylic acids is 2. The van der Waals surface area contributed by atoms with E-state index in [1.807, 2.05) is 0 Å². The highest BCUT2D eigenvalue weighted by atomic mass is 16.5. The Bertz CT molecular complexity index is 373. The fourth-order valence-electron chi connectivity index (χ4n) is 1.22. The van der Waals surface area contributed by atoms with Gasteiger partial charge in [0.1, 0.15) is 5.69 Å². The molecule has 6 heteroatoms. The molecule has 0 aliphatic heterocycles. The summed E-state index contributed by atoms with van der Waals surface area (Å²) in [5.41, 5.74) is 0.376. The maximum absolute atomic E-state index is 11.2. The average Bonchev–Trinajstić information content (AvgIpc) is 2.76. The van der Waals surface area contributed by atoms with Crippen LogP contribution in [0.5, 0.6) is 0 Å². The predicted octanol–water partition coefficient (Wildman–Crippen LogP) is 0.196. The van der Waals surface area contributed by atoms with Crippen LogP contribution in [0.3, 0.4) is 0 Å². The Morgan fingerprint density at radius 1 is 1.56 bits per heavy atom. The summed E-state index contributed by atoms with van der Waals surface area (Å²) in [7, 11) is 2.92. The Morgan fingerprint density at radius 2 is 2.31 bits per heavy atom. The highest BCUT2D eigenvalue weighted by Gasteiger charge is 2.07. The maximum Gasteiger partial charge on any atom is 0.305 e. The zero-order valence-electron chi connectivity index (χ0n) is 9.40. The molecule has 1 N–H and O–H groups in total. The van der Waals surface area contributed by atoms with E-state index < -0.39 is 0 Å². The van der Waals surface area contributed by atoms with Crippen LogP contribution in [-0.2, 0) is 16.1 Å². The van der Waals surface area contributed by atoms with Crippen molar-refractivity contribution < 1.29 is 14.3 Å². The Kier molecular flexibility index (Phi) is 4.50. The molecule has 0 fully saturated rings. The van der Waals surface area contributed by atoms with Crippen molar-refractivity contribution in [2.75, 3.05) is 14.2 Å². The summed E-state index contributed by atoms with van der Waals surface area (Å²) in [6.07, 6.45) is 2.70. The third-order valence-electron chi connectivity index (χ3n) is 2.10. The minimum absolute atomic E-state index is 0.216. The van der Waals surface area contributed by atoms with Crippen LogP contribution in [0, 0.1) is 0 Å². The number of esters is 1. The number of hydrogen-bond donors (Lipinski definition) is 1. The first kappa shape index (κ1) is 12.2. The lowest BCUT2D eigenvalue weighted by Gasteiger charge is -2.00. The van der Waals surface area contributed by atoms with Gasteiger partial charge >= 0.3 is 5.97 Å². The minimum Gasteiger partial charge on any atom is -0.469 e. The maximum atomic E-state index is 11.2. The number of carbonyl (C=O) groups is 2. The van der Waals surface area contributed by atoms with Gasteiger partial charge in [-0.15, -0.1) is 0 Å². The Morgan fingerprint density at radius 3 is 2.94 bits per heavy atom. The summed E-state index contributed by atoms with van der Waals surface area (Å²) in [6.45, 7) is 0.589. The number of hydrogen-bond acceptors (Lipinski definition) is 4. The highest BCUT2D eigenvalue weighted by molar-refractivity contribution is 5.91. The van der Waals surface area contributed by atoms with E-state index >= 15 is 0 Å². The van der Waals surface area contributed by atoms with Crippen LogP contribution < -0.4 is 5.32 Å². The predicted molar refractivity (Wildman–Crippen MR) is 56.9 cm³/mol. The zero-order chi connectivity index (χ0) is 12.0. The monoisotopic (exact) mass is 225 g/mol. The molecule has 1 rings (SSSR count). The second kappa shape index (κ2) is 5.89. The molecule has 1 heterocycles. The fraction of sp³-hybridized carbons (Fsp3) is 0.500. The molecule has 88 valence electrons. The van der Waals surface area contributed by atoms with E-state index in [0.29, 0.717) is 25.1 Å². The van der Waals surface area contributed by atoms with Gasteiger partial charge in [0.15, 0.2) is 0 Å². The number of nitrogens with one attached hydrogen (secondary N) is 1. The van der Waals surface area contributed by atoms with Crippen LogP contribution in [-0.4, -0.2) is 35.8 Å². The zero-order valence-corrected chi connectivity index (χ0v) is 9.40. The number of ether oxygens (including phenoxy) is 1. The minimum atomic E-state index is -0.237. The first-order chi connectivity index (χ1) is 7.67. The van der Waals surface area contributed by atoms with E-state index in [1.54, 1.807) is 24.0 Å². The molecule has 0 unspecified atom stereocenters. The summed E-state index contributed by atoms with van der Waals surface area (Å²) < 4.78 is 6.15. The van der Waals surface area contributed by atoms with Crippen molar-refractivity contribution in [3.05, 3.63) is 18.0 Å². The molecule has 0 radical (unpaired) electrons. The summed E-state index contributed by atoms with van der Waals surface area (Å²) in [5, 5.41) is 6.55.